The lowest BCUT2D eigenvalue weighted by molar-refractivity contribution is -0.286. The molecule has 0 aromatic carbocycles. The van der Waals surface area contributed by atoms with Crippen LogP contribution >= 0.6 is 0 Å². The Kier molecular flexibility index (Phi) is 3.56. The number of nitrogens with zero attached hydrogens (tertiary/aromatic N) is 1. The molecule has 2 fully saturated rings. The Labute approximate surface area is 115 Å². The second-order valence-electron chi connectivity index (χ2n) is 6.97. The zero-order valence-electron chi connectivity index (χ0n) is 12.7. The molecule has 0 aromatic heterocycles. The quantitative estimate of drug-likeness (QED) is 0.679. The van der Waals surface area contributed by atoms with E-state index >= 15 is 0 Å². The highest BCUT2D eigenvalue weighted by molar-refractivity contribution is 5.69. The van der Waals surface area contributed by atoms with Crippen LogP contribution in [0.2, 0.25) is 0 Å². The van der Waals surface area contributed by atoms with Gasteiger partial charge in [-0.05, 0) is 34.6 Å². The number of carbonyl (C=O) groups is 1. The Hall–Kier alpha value is -0.810. The number of hydrogen-bond acceptors (Lipinski definition) is 4. The van der Waals surface area contributed by atoms with Crippen molar-refractivity contribution in [2.75, 3.05) is 13.2 Å². The molecular formula is C14H25NO4. The summed E-state index contributed by atoms with van der Waals surface area (Å²) in [6.07, 6.45) is -0.255. The van der Waals surface area contributed by atoms with Gasteiger partial charge in [-0.2, -0.15) is 0 Å². The fourth-order valence-corrected chi connectivity index (χ4v) is 2.66. The third-order valence-corrected chi connectivity index (χ3v) is 3.47. The molecule has 2 saturated heterocycles. The molecule has 0 bridgehead atoms. The molecule has 0 aliphatic carbocycles. The molecule has 2 heterocycles. The van der Waals surface area contributed by atoms with Crippen LogP contribution in [0, 0.1) is 5.92 Å². The van der Waals surface area contributed by atoms with Gasteiger partial charge < -0.3 is 14.2 Å². The van der Waals surface area contributed by atoms with Crippen molar-refractivity contribution < 1.29 is 19.0 Å². The van der Waals surface area contributed by atoms with E-state index in [1.165, 1.54) is 0 Å². The zero-order chi connectivity index (χ0) is 14.4. The van der Waals surface area contributed by atoms with Crippen LogP contribution in [0.4, 0.5) is 4.79 Å². The van der Waals surface area contributed by atoms with Crippen LogP contribution in [-0.2, 0) is 14.2 Å². The van der Waals surface area contributed by atoms with E-state index in [1.807, 2.05) is 34.6 Å². The van der Waals surface area contributed by atoms with E-state index < -0.39 is 11.4 Å². The zero-order valence-corrected chi connectivity index (χ0v) is 12.7. The van der Waals surface area contributed by atoms with Crippen molar-refractivity contribution in [2.24, 2.45) is 5.92 Å². The molecule has 2 rings (SSSR count). The third kappa shape index (κ3) is 3.20. The van der Waals surface area contributed by atoms with Gasteiger partial charge in [0.2, 0.25) is 0 Å². The number of fused-ring (bicyclic) bond motifs is 1. The Morgan fingerprint density at radius 3 is 2.58 bits per heavy atom. The van der Waals surface area contributed by atoms with E-state index in [1.54, 1.807) is 4.90 Å². The SMILES string of the molecule is CC1CN(C(=O)OC(C)(C)C)C2COC(C)(C)OC12. The van der Waals surface area contributed by atoms with E-state index in [4.69, 9.17) is 14.2 Å². The van der Waals surface area contributed by atoms with Crippen molar-refractivity contribution in [3.63, 3.8) is 0 Å². The van der Waals surface area contributed by atoms with Crippen LogP contribution in [0.15, 0.2) is 0 Å². The summed E-state index contributed by atoms with van der Waals surface area (Å²) in [7, 11) is 0. The molecule has 0 N–H and O–H groups in total. The van der Waals surface area contributed by atoms with Gasteiger partial charge >= 0.3 is 6.09 Å². The number of hydrogen-bond donors (Lipinski definition) is 0. The summed E-state index contributed by atoms with van der Waals surface area (Å²) in [5.74, 6) is -0.278. The fourth-order valence-electron chi connectivity index (χ4n) is 2.66. The smallest absolute Gasteiger partial charge is 0.410 e. The van der Waals surface area contributed by atoms with Crippen molar-refractivity contribution >= 4 is 6.09 Å². The van der Waals surface area contributed by atoms with Gasteiger partial charge in [0, 0.05) is 12.5 Å². The number of amides is 1. The van der Waals surface area contributed by atoms with Gasteiger partial charge in [-0.25, -0.2) is 4.79 Å². The topological polar surface area (TPSA) is 48.0 Å². The van der Waals surface area contributed by atoms with Crippen molar-refractivity contribution in [1.29, 1.82) is 0 Å². The maximum atomic E-state index is 12.2. The maximum absolute atomic E-state index is 12.2. The molecule has 0 spiro atoms. The number of likely N-dealkylation sites (tertiary alicyclic amines) is 1. The van der Waals surface area contributed by atoms with Gasteiger partial charge in [-0.15, -0.1) is 0 Å². The lowest BCUT2D eigenvalue weighted by atomic mass is 10.0. The standard InChI is InChI=1S/C14H25NO4/c1-9-7-15(12(16)19-13(2,3)4)10-8-17-14(5,6)18-11(9)10/h9-11H,7-8H2,1-6H3. The van der Waals surface area contributed by atoms with Crippen molar-refractivity contribution in [2.45, 2.75) is 65.1 Å². The predicted molar refractivity (Wildman–Crippen MR) is 70.8 cm³/mol. The molecule has 5 nitrogen and oxygen atoms in total. The predicted octanol–water partition coefficient (Wildman–Crippen LogP) is 2.39. The second kappa shape index (κ2) is 4.63. The molecule has 2 aliphatic rings. The molecule has 110 valence electrons. The van der Waals surface area contributed by atoms with Gasteiger partial charge in [-0.3, -0.25) is 4.90 Å². The van der Waals surface area contributed by atoms with E-state index in [0.29, 0.717) is 19.1 Å². The highest BCUT2D eigenvalue weighted by atomic mass is 16.7. The Bertz CT molecular complexity index is 361. The molecule has 19 heavy (non-hydrogen) atoms. The lowest BCUT2D eigenvalue weighted by Gasteiger charge is -2.41. The number of ether oxygens (including phenoxy) is 3. The van der Waals surface area contributed by atoms with Crippen molar-refractivity contribution in [3.05, 3.63) is 0 Å². The van der Waals surface area contributed by atoms with Crippen LogP contribution < -0.4 is 0 Å². The van der Waals surface area contributed by atoms with Gasteiger partial charge in [0.25, 0.3) is 0 Å². The molecule has 1 amide bonds. The Morgan fingerprint density at radius 1 is 1.37 bits per heavy atom. The molecular weight excluding hydrogens is 246 g/mol. The van der Waals surface area contributed by atoms with Crippen LogP contribution in [0.1, 0.15) is 41.5 Å². The highest BCUT2D eigenvalue weighted by Crippen LogP contribution is 2.35. The van der Waals surface area contributed by atoms with Gasteiger partial charge in [-0.1, -0.05) is 6.92 Å². The minimum Gasteiger partial charge on any atom is -0.444 e. The normalized spacial score (nSPS) is 34.0. The molecule has 0 aromatic rings. The summed E-state index contributed by atoms with van der Waals surface area (Å²) in [6, 6.07) is -0.0436. The van der Waals surface area contributed by atoms with E-state index in [0.717, 1.165) is 0 Å². The Morgan fingerprint density at radius 2 is 2.00 bits per heavy atom. The highest BCUT2D eigenvalue weighted by Gasteiger charge is 2.49. The average molecular weight is 271 g/mol. The molecule has 0 saturated carbocycles. The molecule has 2 aliphatic heterocycles. The number of rotatable bonds is 0. The first-order valence-corrected chi connectivity index (χ1v) is 6.90. The van der Waals surface area contributed by atoms with Crippen molar-refractivity contribution in [3.8, 4) is 0 Å². The average Bonchev–Trinajstić information content (AvgIpc) is 2.52. The molecule has 3 unspecified atom stereocenters. The summed E-state index contributed by atoms with van der Waals surface area (Å²) in [4.78, 5) is 14.0. The van der Waals surface area contributed by atoms with Gasteiger partial charge in [0.1, 0.15) is 5.60 Å². The molecule has 3 atom stereocenters. The van der Waals surface area contributed by atoms with E-state index in [-0.39, 0.29) is 18.2 Å². The minimum absolute atomic E-state index is 0.0243. The van der Waals surface area contributed by atoms with Gasteiger partial charge in [0.15, 0.2) is 5.79 Å². The first-order chi connectivity index (χ1) is 8.59. The Balaban J connectivity index is 2.07. The summed E-state index contributed by atoms with van der Waals surface area (Å²) < 4.78 is 17.1. The summed E-state index contributed by atoms with van der Waals surface area (Å²) in [6.45, 7) is 12.7. The molecule has 5 heteroatoms. The van der Waals surface area contributed by atoms with Crippen LogP contribution in [0.5, 0.6) is 0 Å². The maximum Gasteiger partial charge on any atom is 0.410 e. The summed E-state index contributed by atoms with van der Waals surface area (Å²) in [5, 5.41) is 0. The number of carbonyl (C=O) groups excluding carboxylic acids is 1. The van der Waals surface area contributed by atoms with Crippen molar-refractivity contribution in [1.82, 2.24) is 4.90 Å². The minimum atomic E-state index is -0.570. The van der Waals surface area contributed by atoms with Gasteiger partial charge in [0.05, 0.1) is 18.8 Å². The van der Waals surface area contributed by atoms with Crippen LogP contribution in [-0.4, -0.2) is 47.7 Å². The first-order valence-electron chi connectivity index (χ1n) is 6.90. The fraction of sp³-hybridized carbons (Fsp3) is 0.929. The second-order valence-corrected chi connectivity index (χ2v) is 6.97. The monoisotopic (exact) mass is 271 g/mol. The van der Waals surface area contributed by atoms with Crippen LogP contribution in [0.3, 0.4) is 0 Å². The largest absolute Gasteiger partial charge is 0.444 e. The summed E-state index contributed by atoms with van der Waals surface area (Å²) >= 11 is 0. The van der Waals surface area contributed by atoms with E-state index in [2.05, 4.69) is 6.92 Å². The van der Waals surface area contributed by atoms with Crippen LogP contribution in [0.25, 0.3) is 0 Å². The van der Waals surface area contributed by atoms with E-state index in [9.17, 15) is 4.79 Å². The summed E-state index contributed by atoms with van der Waals surface area (Å²) in [5.41, 5.74) is -0.478. The molecule has 0 radical (unpaired) electrons. The first kappa shape index (κ1) is 14.6. The lowest BCUT2D eigenvalue weighted by Crippen LogP contribution is -2.53. The third-order valence-electron chi connectivity index (χ3n) is 3.47.